The van der Waals surface area contributed by atoms with Crippen LogP contribution in [0.3, 0.4) is 0 Å². The lowest BCUT2D eigenvalue weighted by Gasteiger charge is -2.34. The van der Waals surface area contributed by atoms with Crippen molar-refractivity contribution in [2.24, 2.45) is 13.0 Å². The summed E-state index contributed by atoms with van der Waals surface area (Å²) in [7, 11) is -2.42. The van der Waals surface area contributed by atoms with Crippen molar-refractivity contribution in [1.29, 1.82) is 0 Å². The van der Waals surface area contributed by atoms with Crippen molar-refractivity contribution < 1.29 is 53.4 Å². The minimum absolute atomic E-state index is 0.0308. The Morgan fingerprint density at radius 2 is 1.76 bits per heavy atom. The molecule has 21 heteroatoms. The molecule has 2 aromatic carbocycles. The average Bonchev–Trinajstić information content (AvgIpc) is 3.68. The van der Waals surface area contributed by atoms with Crippen molar-refractivity contribution in [3.8, 4) is 23.0 Å². The quantitative estimate of drug-likeness (QED) is 0.102. The summed E-state index contributed by atoms with van der Waals surface area (Å²) in [5.41, 5.74) is -5.01. The number of benzene rings is 2. The molecule has 0 spiro atoms. The van der Waals surface area contributed by atoms with Gasteiger partial charge in [0.1, 0.15) is 36.2 Å². The highest BCUT2D eigenvalue weighted by molar-refractivity contribution is 7.92. The van der Waals surface area contributed by atoms with Gasteiger partial charge in [-0.05, 0) is 73.9 Å². The fraction of sp³-hybridized carbons (Fsp3) is 0.368. The van der Waals surface area contributed by atoms with Crippen LogP contribution >= 0.6 is 11.6 Å². The van der Waals surface area contributed by atoms with Crippen molar-refractivity contribution in [3.63, 3.8) is 0 Å². The molecule has 1 fully saturated rings. The average molecular weight is 870 g/mol. The summed E-state index contributed by atoms with van der Waals surface area (Å²) in [6.07, 6.45) is -4.64. The van der Waals surface area contributed by atoms with Gasteiger partial charge in [-0.15, -0.1) is 0 Å². The number of pyridine rings is 1. The van der Waals surface area contributed by atoms with Crippen LogP contribution in [0.4, 0.5) is 40.9 Å². The van der Waals surface area contributed by atoms with Gasteiger partial charge in [-0.1, -0.05) is 23.6 Å². The normalized spacial score (nSPS) is 18.6. The zero-order chi connectivity index (χ0) is 43.0. The molecule has 312 valence electrons. The first kappa shape index (κ1) is 41.9. The number of fused-ring (bicyclic) bond motifs is 4. The molecule has 1 saturated carbocycles. The molecule has 0 radical (unpaired) electrons. The lowest BCUT2D eigenvalue weighted by atomic mass is 9.73. The highest BCUT2D eigenvalue weighted by Crippen LogP contribution is 2.64. The molecule has 3 aromatic heterocycles. The third-order valence-electron chi connectivity index (χ3n) is 10.2. The molecule has 3 N–H and O–H groups in total. The molecule has 2 aliphatic carbocycles. The molecule has 3 heterocycles. The number of hydrogen-bond donors (Lipinski definition) is 3. The molecule has 5 aromatic rings. The van der Waals surface area contributed by atoms with E-state index in [1.165, 1.54) is 36.0 Å². The van der Waals surface area contributed by atoms with E-state index in [0.29, 0.717) is 10.7 Å². The van der Waals surface area contributed by atoms with Crippen molar-refractivity contribution in [2.45, 2.75) is 62.4 Å². The molecular formula is C38H32ClF8N7O4S. The van der Waals surface area contributed by atoms with Crippen LogP contribution in [0.25, 0.3) is 22.0 Å². The van der Waals surface area contributed by atoms with E-state index in [1.807, 2.05) is 0 Å². The van der Waals surface area contributed by atoms with Crippen LogP contribution in [0.15, 0.2) is 42.5 Å². The Morgan fingerprint density at radius 3 is 2.37 bits per heavy atom. The maximum atomic E-state index is 15.6. The third kappa shape index (κ3) is 8.07. The monoisotopic (exact) mass is 869 g/mol. The van der Waals surface area contributed by atoms with Gasteiger partial charge >= 0.3 is 6.18 Å². The van der Waals surface area contributed by atoms with Gasteiger partial charge in [-0.3, -0.25) is 18.9 Å². The summed E-state index contributed by atoms with van der Waals surface area (Å²) in [5.74, 6) is -4.68. The predicted molar refractivity (Wildman–Crippen MR) is 198 cm³/mol. The van der Waals surface area contributed by atoms with Gasteiger partial charge in [-0.2, -0.15) is 32.1 Å². The number of anilines is 1. The summed E-state index contributed by atoms with van der Waals surface area (Å²) < 4.78 is 145. The maximum absolute atomic E-state index is 15.6. The van der Waals surface area contributed by atoms with Crippen molar-refractivity contribution in [3.05, 3.63) is 93.0 Å². The molecule has 7 rings (SSSR count). The molecule has 1 amide bonds. The van der Waals surface area contributed by atoms with E-state index in [2.05, 4.69) is 37.1 Å². The Kier molecular flexibility index (Phi) is 10.5. The number of hydrogen-bond acceptors (Lipinski definition) is 7. The van der Waals surface area contributed by atoms with E-state index >= 15 is 8.78 Å². The topological polar surface area (TPSA) is 144 Å². The first-order valence-electron chi connectivity index (χ1n) is 17.7. The number of carbonyl (C=O) groups excluding carboxylic acids is 1. The molecule has 0 aliphatic heterocycles. The van der Waals surface area contributed by atoms with Gasteiger partial charge in [0.25, 0.3) is 5.92 Å². The number of nitrogens with zero attached hydrogens (tertiary/aromatic N) is 5. The number of aromatic nitrogens is 5. The Morgan fingerprint density at radius 1 is 1.08 bits per heavy atom. The number of amides is 1. The zero-order valence-corrected chi connectivity index (χ0v) is 32.6. The van der Waals surface area contributed by atoms with Gasteiger partial charge in [0.05, 0.1) is 33.9 Å². The Hall–Kier alpha value is -5.26. The number of rotatable bonds is 10. The molecule has 1 unspecified atom stereocenters. The van der Waals surface area contributed by atoms with E-state index < -0.39 is 99.7 Å². The van der Waals surface area contributed by atoms with E-state index in [0.717, 1.165) is 25.3 Å². The smallest absolute Gasteiger partial charge is 0.375 e. The minimum Gasteiger partial charge on any atom is -0.375 e. The van der Waals surface area contributed by atoms with Gasteiger partial charge in [0, 0.05) is 35.7 Å². The van der Waals surface area contributed by atoms with Crippen LogP contribution in [0.1, 0.15) is 65.6 Å². The van der Waals surface area contributed by atoms with Crippen LogP contribution in [-0.2, 0) is 46.9 Å². The lowest BCUT2D eigenvalue weighted by molar-refractivity contribution is -0.144. The number of nitrogens with one attached hydrogen (secondary N) is 2. The van der Waals surface area contributed by atoms with E-state index in [9.17, 15) is 44.7 Å². The Balaban J connectivity index is 1.40. The number of carbonyl (C=O) groups is 1. The molecular weight excluding hydrogens is 838 g/mol. The second-order valence-corrected chi connectivity index (χ2v) is 16.9. The Labute approximate surface area is 335 Å². The second kappa shape index (κ2) is 14.8. The van der Waals surface area contributed by atoms with Crippen LogP contribution in [-0.4, -0.2) is 62.5 Å². The second-order valence-electron chi connectivity index (χ2n) is 14.7. The van der Waals surface area contributed by atoms with Crippen LogP contribution in [0.5, 0.6) is 0 Å². The molecule has 2 aliphatic rings. The predicted octanol–water partition coefficient (Wildman–Crippen LogP) is 6.92. The van der Waals surface area contributed by atoms with E-state index in [1.54, 1.807) is 0 Å². The fourth-order valence-electron chi connectivity index (χ4n) is 7.63. The van der Waals surface area contributed by atoms with Crippen molar-refractivity contribution in [1.82, 2.24) is 29.9 Å². The van der Waals surface area contributed by atoms with Crippen LogP contribution in [0.2, 0.25) is 5.02 Å². The minimum atomic E-state index is -5.12. The van der Waals surface area contributed by atoms with Gasteiger partial charge < -0.3 is 10.4 Å². The number of sulfonamides is 1. The van der Waals surface area contributed by atoms with E-state index in [4.69, 9.17) is 11.6 Å². The van der Waals surface area contributed by atoms with E-state index in [-0.39, 0.29) is 62.7 Å². The third-order valence-corrected chi connectivity index (χ3v) is 11.0. The Bertz CT molecular complexity index is 2690. The molecule has 11 nitrogen and oxygen atoms in total. The fourth-order valence-corrected chi connectivity index (χ4v) is 8.36. The summed E-state index contributed by atoms with van der Waals surface area (Å²) in [6.45, 7) is -1.31. The number of halogens is 9. The molecule has 59 heavy (non-hydrogen) atoms. The number of aryl methyl sites for hydroxylation is 1. The largest absolute Gasteiger partial charge is 0.435 e. The standard InChI is InChI=1S/C38H32ClF8N7O4S/c1-36(56,17-40)11-10-21-4-5-22(23-7-9-26(39)30-32(23)53(2)51-35(30)52-59(3,57)58)31(48-21)27(14-18-12-19(41)15-20(42)13-18)49-28(55)16-54-34-29(33(50-54)38(45,46)47)24-6-8-25(24)37(34,43)44/h4-5,7,9,12-13,15,24-25,27,56H,6,8,14,16-17H2,1-3H3,(H,49,55)(H,51,52)/t24-,25+,27-,36?/m0/s1. The van der Waals surface area contributed by atoms with Crippen LogP contribution in [0, 0.1) is 29.4 Å². The summed E-state index contributed by atoms with van der Waals surface area (Å²) in [5, 5.41) is 20.7. The van der Waals surface area contributed by atoms with Gasteiger partial charge in [-0.25, -0.2) is 26.6 Å². The summed E-state index contributed by atoms with van der Waals surface area (Å²) >= 11 is 6.55. The highest BCUT2D eigenvalue weighted by Gasteiger charge is 2.63. The number of alkyl halides is 6. The molecule has 0 saturated heterocycles. The lowest BCUT2D eigenvalue weighted by Crippen LogP contribution is -2.36. The highest BCUT2D eigenvalue weighted by atomic mass is 35.5. The van der Waals surface area contributed by atoms with Gasteiger partial charge in [0.15, 0.2) is 17.1 Å². The first-order valence-corrected chi connectivity index (χ1v) is 20.0. The molecule has 4 atom stereocenters. The SMILES string of the molecule is Cn1nc(NS(C)(=O)=O)c2c(Cl)ccc(-c3ccc(C#CC(C)(O)CF)nc3[C@H](Cc3cc(F)cc(F)c3)NC(=O)Cn3nc(C(F)(F)F)c4c3C(F)(F)[C@@H]3CC[C@H]43)c21. The van der Waals surface area contributed by atoms with Gasteiger partial charge in [0.2, 0.25) is 15.9 Å². The number of aliphatic hydroxyl groups is 1. The van der Waals surface area contributed by atoms with Crippen LogP contribution < -0.4 is 10.0 Å². The van der Waals surface area contributed by atoms with Crippen molar-refractivity contribution >= 4 is 44.3 Å². The maximum Gasteiger partial charge on any atom is 0.435 e. The zero-order valence-electron chi connectivity index (χ0n) is 31.0. The summed E-state index contributed by atoms with van der Waals surface area (Å²) in [6, 6.07) is 6.71. The first-order chi connectivity index (χ1) is 27.5. The molecule has 0 bridgehead atoms. The van der Waals surface area contributed by atoms with Crippen molar-refractivity contribution in [2.75, 3.05) is 17.7 Å². The summed E-state index contributed by atoms with van der Waals surface area (Å²) in [4.78, 5) is 18.6.